The zero-order valence-electron chi connectivity index (χ0n) is 14.2. The van der Waals surface area contributed by atoms with Crippen LogP contribution in [0.2, 0.25) is 0 Å². The SMILES string of the molecule is CCN(C)C(C(=O)Nc1cnn(CC(=O)NC)c1)c1ccccc1. The van der Waals surface area contributed by atoms with Crippen LogP contribution in [0.3, 0.4) is 0 Å². The third-order valence-corrected chi connectivity index (χ3v) is 3.79. The first-order valence-electron chi connectivity index (χ1n) is 7.84. The Hall–Kier alpha value is -2.67. The normalized spacial score (nSPS) is 12.0. The number of nitrogens with one attached hydrogen (secondary N) is 2. The molecule has 0 radical (unpaired) electrons. The van der Waals surface area contributed by atoms with Crippen LogP contribution in [-0.4, -0.2) is 47.1 Å². The number of hydrogen-bond acceptors (Lipinski definition) is 4. The highest BCUT2D eigenvalue weighted by Gasteiger charge is 2.24. The van der Waals surface area contributed by atoms with Crippen LogP contribution in [0.4, 0.5) is 5.69 Å². The van der Waals surface area contributed by atoms with Gasteiger partial charge in [0.15, 0.2) is 0 Å². The van der Waals surface area contributed by atoms with E-state index in [-0.39, 0.29) is 18.4 Å². The van der Waals surface area contributed by atoms with Crippen molar-refractivity contribution in [3.05, 3.63) is 48.3 Å². The van der Waals surface area contributed by atoms with Gasteiger partial charge in [-0.1, -0.05) is 37.3 Å². The van der Waals surface area contributed by atoms with Gasteiger partial charge in [0, 0.05) is 13.2 Å². The van der Waals surface area contributed by atoms with E-state index in [4.69, 9.17) is 0 Å². The summed E-state index contributed by atoms with van der Waals surface area (Å²) in [6, 6.07) is 9.24. The van der Waals surface area contributed by atoms with E-state index < -0.39 is 6.04 Å². The molecular formula is C17H23N5O2. The number of rotatable bonds is 7. The van der Waals surface area contributed by atoms with Gasteiger partial charge in [-0.25, -0.2) is 0 Å². The predicted molar refractivity (Wildman–Crippen MR) is 92.4 cm³/mol. The molecular weight excluding hydrogens is 306 g/mol. The van der Waals surface area contributed by atoms with Crippen molar-refractivity contribution < 1.29 is 9.59 Å². The molecule has 1 aromatic carbocycles. The maximum Gasteiger partial charge on any atom is 0.246 e. The third-order valence-electron chi connectivity index (χ3n) is 3.79. The smallest absolute Gasteiger partial charge is 0.246 e. The van der Waals surface area contributed by atoms with Gasteiger partial charge in [-0.15, -0.1) is 0 Å². The van der Waals surface area contributed by atoms with Gasteiger partial charge in [-0.2, -0.15) is 5.10 Å². The van der Waals surface area contributed by atoms with E-state index in [2.05, 4.69) is 15.7 Å². The maximum absolute atomic E-state index is 12.7. The first kappa shape index (κ1) is 17.7. The Morgan fingerprint density at radius 1 is 1.29 bits per heavy atom. The van der Waals surface area contributed by atoms with Gasteiger partial charge >= 0.3 is 0 Å². The Bertz CT molecular complexity index is 683. The second-order valence-corrected chi connectivity index (χ2v) is 5.48. The Balaban J connectivity index is 2.12. The molecule has 7 heteroatoms. The summed E-state index contributed by atoms with van der Waals surface area (Å²) in [5.41, 5.74) is 1.49. The summed E-state index contributed by atoms with van der Waals surface area (Å²) in [5, 5.41) is 9.49. The summed E-state index contributed by atoms with van der Waals surface area (Å²) in [7, 11) is 3.48. The highest BCUT2D eigenvalue weighted by molar-refractivity contribution is 5.95. The Labute approximate surface area is 141 Å². The van der Waals surface area contributed by atoms with Crippen LogP contribution in [0, 0.1) is 0 Å². The van der Waals surface area contributed by atoms with Gasteiger partial charge in [0.05, 0.1) is 11.9 Å². The van der Waals surface area contributed by atoms with Crippen molar-refractivity contribution in [3.63, 3.8) is 0 Å². The standard InChI is InChI=1S/C17H23N5O2/c1-4-21(3)16(13-8-6-5-7-9-13)17(24)20-14-10-19-22(11-14)12-15(23)18-2/h5-11,16H,4,12H2,1-3H3,(H,18,23)(H,20,24). The summed E-state index contributed by atoms with van der Waals surface area (Å²) in [4.78, 5) is 26.1. The second kappa shape index (κ2) is 8.26. The van der Waals surface area contributed by atoms with Crippen molar-refractivity contribution in [2.24, 2.45) is 0 Å². The third kappa shape index (κ3) is 4.42. The summed E-state index contributed by atoms with van der Waals surface area (Å²) in [6.45, 7) is 2.86. The Kier molecular flexibility index (Phi) is 6.08. The minimum atomic E-state index is -0.390. The quantitative estimate of drug-likeness (QED) is 0.801. The molecule has 0 saturated heterocycles. The molecule has 0 aliphatic heterocycles. The molecule has 0 spiro atoms. The molecule has 24 heavy (non-hydrogen) atoms. The average molecular weight is 329 g/mol. The molecule has 1 atom stereocenters. The topological polar surface area (TPSA) is 79.3 Å². The van der Waals surface area contributed by atoms with E-state index in [1.807, 2.05) is 49.2 Å². The molecule has 1 heterocycles. The van der Waals surface area contributed by atoms with Crippen molar-refractivity contribution in [1.82, 2.24) is 20.0 Å². The van der Waals surface area contributed by atoms with Crippen molar-refractivity contribution >= 4 is 17.5 Å². The van der Waals surface area contributed by atoms with Gasteiger partial charge in [-0.3, -0.25) is 19.2 Å². The number of hydrogen-bond donors (Lipinski definition) is 2. The van der Waals surface area contributed by atoms with E-state index in [0.717, 1.165) is 12.1 Å². The highest BCUT2D eigenvalue weighted by Crippen LogP contribution is 2.21. The van der Waals surface area contributed by atoms with Crippen molar-refractivity contribution in [2.75, 3.05) is 26.0 Å². The zero-order valence-corrected chi connectivity index (χ0v) is 14.2. The lowest BCUT2D eigenvalue weighted by atomic mass is 10.0. The first-order chi connectivity index (χ1) is 11.5. The van der Waals surface area contributed by atoms with Crippen LogP contribution in [0.25, 0.3) is 0 Å². The number of nitrogens with zero attached hydrogens (tertiary/aromatic N) is 3. The van der Waals surface area contributed by atoms with Crippen LogP contribution < -0.4 is 10.6 Å². The number of benzene rings is 1. The summed E-state index contributed by atoms with van der Waals surface area (Å²) in [6.07, 6.45) is 3.18. The van der Waals surface area contributed by atoms with E-state index in [9.17, 15) is 9.59 Å². The Morgan fingerprint density at radius 3 is 2.62 bits per heavy atom. The molecule has 128 valence electrons. The monoisotopic (exact) mass is 329 g/mol. The van der Waals surface area contributed by atoms with Crippen LogP contribution in [-0.2, 0) is 16.1 Å². The molecule has 0 aliphatic rings. The van der Waals surface area contributed by atoms with Crippen LogP contribution >= 0.6 is 0 Å². The van der Waals surface area contributed by atoms with Gasteiger partial charge in [0.25, 0.3) is 0 Å². The molecule has 7 nitrogen and oxygen atoms in total. The number of likely N-dealkylation sites (N-methyl/N-ethyl adjacent to an activating group) is 2. The fraction of sp³-hybridized carbons (Fsp3) is 0.353. The van der Waals surface area contributed by atoms with Crippen molar-refractivity contribution in [3.8, 4) is 0 Å². The highest BCUT2D eigenvalue weighted by atomic mass is 16.2. The van der Waals surface area contributed by atoms with Crippen LogP contribution in [0.1, 0.15) is 18.5 Å². The lowest BCUT2D eigenvalue weighted by Gasteiger charge is -2.26. The van der Waals surface area contributed by atoms with Crippen LogP contribution in [0.5, 0.6) is 0 Å². The molecule has 0 aliphatic carbocycles. The minimum absolute atomic E-state index is 0.114. The van der Waals surface area contributed by atoms with Crippen molar-refractivity contribution in [2.45, 2.75) is 19.5 Å². The Morgan fingerprint density at radius 2 is 2.00 bits per heavy atom. The van der Waals surface area contributed by atoms with E-state index in [0.29, 0.717) is 5.69 Å². The van der Waals surface area contributed by atoms with E-state index in [1.54, 1.807) is 13.2 Å². The number of carbonyl (C=O) groups is 2. The molecule has 0 saturated carbocycles. The molecule has 2 amide bonds. The lowest BCUT2D eigenvalue weighted by Crippen LogP contribution is -2.34. The van der Waals surface area contributed by atoms with Gasteiger partial charge in [-0.05, 0) is 19.2 Å². The number of anilines is 1. The summed E-state index contributed by atoms with van der Waals surface area (Å²) < 4.78 is 1.48. The van der Waals surface area contributed by atoms with Crippen molar-refractivity contribution in [1.29, 1.82) is 0 Å². The molecule has 2 aromatic rings. The zero-order chi connectivity index (χ0) is 17.5. The largest absolute Gasteiger partial charge is 0.358 e. The minimum Gasteiger partial charge on any atom is -0.358 e. The van der Waals surface area contributed by atoms with E-state index >= 15 is 0 Å². The molecule has 0 bridgehead atoms. The average Bonchev–Trinajstić information content (AvgIpc) is 3.02. The second-order valence-electron chi connectivity index (χ2n) is 5.48. The van der Waals surface area contributed by atoms with Gasteiger partial charge in [0.2, 0.25) is 11.8 Å². The van der Waals surface area contributed by atoms with Gasteiger partial charge in [0.1, 0.15) is 12.6 Å². The fourth-order valence-electron chi connectivity index (χ4n) is 2.38. The summed E-state index contributed by atoms with van der Waals surface area (Å²) >= 11 is 0. The number of carbonyl (C=O) groups excluding carboxylic acids is 2. The van der Waals surface area contributed by atoms with E-state index in [1.165, 1.54) is 10.9 Å². The van der Waals surface area contributed by atoms with Gasteiger partial charge < -0.3 is 10.6 Å². The molecule has 0 fully saturated rings. The molecule has 2 rings (SSSR count). The molecule has 1 aromatic heterocycles. The summed E-state index contributed by atoms with van der Waals surface area (Å²) in [5.74, 6) is -0.283. The molecule has 1 unspecified atom stereocenters. The lowest BCUT2D eigenvalue weighted by molar-refractivity contribution is -0.121. The number of amides is 2. The maximum atomic E-state index is 12.7. The fourth-order valence-corrected chi connectivity index (χ4v) is 2.38. The number of aromatic nitrogens is 2. The van der Waals surface area contributed by atoms with Crippen LogP contribution in [0.15, 0.2) is 42.7 Å². The molecule has 2 N–H and O–H groups in total. The predicted octanol–water partition coefficient (Wildman–Crippen LogP) is 1.26. The first-order valence-corrected chi connectivity index (χ1v) is 7.84.